The minimum Gasteiger partial charge on any atom is -0.508 e. The van der Waals surface area contributed by atoms with Crippen LogP contribution in [0.25, 0.3) is 0 Å². The summed E-state index contributed by atoms with van der Waals surface area (Å²) in [6.45, 7) is 0.523. The van der Waals surface area contributed by atoms with Gasteiger partial charge in [0.25, 0.3) is 0 Å². The maximum absolute atomic E-state index is 9.68. The van der Waals surface area contributed by atoms with Gasteiger partial charge < -0.3 is 19.3 Å². The van der Waals surface area contributed by atoms with E-state index < -0.39 is 0 Å². The van der Waals surface area contributed by atoms with E-state index in [9.17, 15) is 5.11 Å². The number of phenolic OH excluding ortho intramolecular Hbond substituents is 1. The van der Waals surface area contributed by atoms with Crippen molar-refractivity contribution in [2.75, 3.05) is 7.11 Å². The van der Waals surface area contributed by atoms with Crippen LogP contribution in [0.1, 0.15) is 29.2 Å². The van der Waals surface area contributed by atoms with Gasteiger partial charge in [0.1, 0.15) is 35.7 Å². The third-order valence-electron chi connectivity index (χ3n) is 4.80. The molecule has 4 rings (SSSR count). The first kappa shape index (κ1) is 17.3. The fourth-order valence-corrected chi connectivity index (χ4v) is 3.37. The summed E-state index contributed by atoms with van der Waals surface area (Å²) in [5.41, 5.74) is 3.25. The molecule has 0 aliphatic carbocycles. The van der Waals surface area contributed by atoms with Crippen LogP contribution >= 0.6 is 0 Å². The van der Waals surface area contributed by atoms with E-state index in [1.165, 1.54) is 5.56 Å². The Bertz CT molecular complexity index is 921. The second kappa shape index (κ2) is 7.62. The molecule has 138 valence electrons. The van der Waals surface area contributed by atoms with Gasteiger partial charge in [0, 0.05) is 17.7 Å². The van der Waals surface area contributed by atoms with Crippen LogP contribution < -0.4 is 14.2 Å². The van der Waals surface area contributed by atoms with Gasteiger partial charge in [-0.3, -0.25) is 0 Å². The molecule has 0 saturated heterocycles. The Morgan fingerprint density at radius 2 is 1.89 bits per heavy atom. The van der Waals surface area contributed by atoms with Crippen molar-refractivity contribution in [2.45, 2.75) is 25.6 Å². The molecule has 1 atom stereocenters. The Hall–Kier alpha value is -3.14. The third-order valence-corrected chi connectivity index (χ3v) is 4.80. The molecule has 1 aliphatic rings. The van der Waals surface area contributed by atoms with Gasteiger partial charge in [-0.05, 0) is 42.2 Å². The van der Waals surface area contributed by atoms with Gasteiger partial charge in [-0.2, -0.15) is 0 Å². The van der Waals surface area contributed by atoms with Gasteiger partial charge >= 0.3 is 0 Å². The fraction of sp³-hybridized carbons (Fsp3) is 0.217. The first-order valence-electron chi connectivity index (χ1n) is 9.06. The molecule has 1 N–H and O–H groups in total. The van der Waals surface area contributed by atoms with Crippen molar-refractivity contribution in [1.29, 1.82) is 0 Å². The van der Waals surface area contributed by atoms with Crippen molar-refractivity contribution >= 4 is 0 Å². The molecule has 4 heteroatoms. The highest BCUT2D eigenvalue weighted by molar-refractivity contribution is 5.46. The topological polar surface area (TPSA) is 47.9 Å². The number of ether oxygens (including phenoxy) is 3. The summed E-state index contributed by atoms with van der Waals surface area (Å²) >= 11 is 0. The van der Waals surface area contributed by atoms with Crippen molar-refractivity contribution in [3.8, 4) is 23.0 Å². The van der Waals surface area contributed by atoms with Crippen LogP contribution in [0.3, 0.4) is 0 Å². The average Bonchev–Trinajstić information content (AvgIpc) is 2.72. The standard InChI is InChI=1S/C23H22O4/c1-25-23-13-18(24)9-11-20(23)21-12-8-17-7-10-19(14-22(17)27-21)26-15-16-5-3-2-4-6-16/h2-7,9-11,13-14,21,24H,8,12,15H2,1H3. The van der Waals surface area contributed by atoms with Crippen molar-refractivity contribution in [3.63, 3.8) is 0 Å². The van der Waals surface area contributed by atoms with Crippen molar-refractivity contribution in [1.82, 2.24) is 0 Å². The first-order valence-corrected chi connectivity index (χ1v) is 9.06. The molecule has 0 spiro atoms. The van der Waals surface area contributed by atoms with Crippen LogP contribution in [0.4, 0.5) is 0 Å². The lowest BCUT2D eigenvalue weighted by molar-refractivity contribution is 0.171. The van der Waals surface area contributed by atoms with E-state index in [1.807, 2.05) is 48.5 Å². The molecule has 27 heavy (non-hydrogen) atoms. The van der Waals surface area contributed by atoms with Crippen molar-refractivity contribution < 1.29 is 19.3 Å². The largest absolute Gasteiger partial charge is 0.508 e. The number of aryl methyl sites for hydroxylation is 1. The molecule has 4 nitrogen and oxygen atoms in total. The van der Waals surface area contributed by atoms with Crippen molar-refractivity contribution in [3.05, 3.63) is 83.4 Å². The monoisotopic (exact) mass is 362 g/mol. The fourth-order valence-electron chi connectivity index (χ4n) is 3.37. The van der Waals surface area contributed by atoms with E-state index in [0.717, 1.165) is 35.5 Å². The van der Waals surface area contributed by atoms with Crippen LogP contribution in [-0.2, 0) is 13.0 Å². The number of rotatable bonds is 5. The molecular weight excluding hydrogens is 340 g/mol. The van der Waals surface area contributed by atoms with E-state index in [1.54, 1.807) is 19.2 Å². The van der Waals surface area contributed by atoms with Crippen LogP contribution in [-0.4, -0.2) is 12.2 Å². The van der Waals surface area contributed by atoms with E-state index in [2.05, 4.69) is 6.07 Å². The SMILES string of the molecule is COc1cc(O)ccc1C1CCc2ccc(OCc3ccccc3)cc2O1. The first-order chi connectivity index (χ1) is 13.2. The van der Waals surface area contributed by atoms with Gasteiger partial charge in [-0.25, -0.2) is 0 Å². The summed E-state index contributed by atoms with van der Waals surface area (Å²) in [5, 5.41) is 9.68. The molecule has 0 aromatic heterocycles. The molecule has 1 heterocycles. The third kappa shape index (κ3) is 3.85. The predicted molar refractivity (Wildman–Crippen MR) is 104 cm³/mol. The van der Waals surface area contributed by atoms with E-state index in [-0.39, 0.29) is 11.9 Å². The highest BCUT2D eigenvalue weighted by atomic mass is 16.5. The zero-order valence-corrected chi connectivity index (χ0v) is 15.2. The lowest BCUT2D eigenvalue weighted by Crippen LogP contribution is -2.16. The van der Waals surface area contributed by atoms with Gasteiger partial charge in [-0.1, -0.05) is 36.4 Å². The molecule has 0 amide bonds. The molecule has 1 unspecified atom stereocenters. The predicted octanol–water partition coefficient (Wildman–Crippen LogP) is 5.05. The summed E-state index contributed by atoms with van der Waals surface area (Å²) in [6, 6.07) is 21.2. The quantitative estimate of drug-likeness (QED) is 0.690. The number of aromatic hydroxyl groups is 1. The Morgan fingerprint density at radius 1 is 1.04 bits per heavy atom. The maximum Gasteiger partial charge on any atom is 0.129 e. The average molecular weight is 362 g/mol. The number of methoxy groups -OCH3 is 1. The van der Waals surface area contributed by atoms with Gasteiger partial charge in [0.2, 0.25) is 0 Å². The van der Waals surface area contributed by atoms with E-state index in [0.29, 0.717) is 12.4 Å². The summed E-state index contributed by atoms with van der Waals surface area (Å²) in [4.78, 5) is 0. The van der Waals surface area contributed by atoms with Gasteiger partial charge in [-0.15, -0.1) is 0 Å². The number of benzene rings is 3. The lowest BCUT2D eigenvalue weighted by atomic mass is 9.96. The molecule has 0 saturated carbocycles. The highest BCUT2D eigenvalue weighted by Gasteiger charge is 2.24. The van der Waals surface area contributed by atoms with Crippen LogP contribution in [0.15, 0.2) is 66.7 Å². The Labute approximate surface area is 158 Å². The summed E-state index contributed by atoms with van der Waals surface area (Å²) in [5.74, 6) is 2.45. The zero-order valence-electron chi connectivity index (χ0n) is 15.2. The molecule has 1 aliphatic heterocycles. The summed E-state index contributed by atoms with van der Waals surface area (Å²) in [6.07, 6.45) is 1.67. The molecule has 0 bridgehead atoms. The Kier molecular flexibility index (Phi) is 4.88. The molecule has 3 aromatic carbocycles. The molecule has 0 radical (unpaired) electrons. The van der Waals surface area contributed by atoms with E-state index in [4.69, 9.17) is 14.2 Å². The lowest BCUT2D eigenvalue weighted by Gasteiger charge is -2.28. The molecule has 0 fully saturated rings. The van der Waals surface area contributed by atoms with Crippen LogP contribution in [0, 0.1) is 0 Å². The number of phenols is 1. The van der Waals surface area contributed by atoms with Crippen LogP contribution in [0.2, 0.25) is 0 Å². The Balaban J connectivity index is 1.52. The second-order valence-corrected chi connectivity index (χ2v) is 6.62. The smallest absolute Gasteiger partial charge is 0.129 e. The number of fused-ring (bicyclic) bond motifs is 1. The number of hydrogen-bond donors (Lipinski definition) is 1. The van der Waals surface area contributed by atoms with E-state index >= 15 is 0 Å². The highest BCUT2D eigenvalue weighted by Crippen LogP contribution is 2.40. The normalized spacial score (nSPS) is 15.5. The van der Waals surface area contributed by atoms with Gasteiger partial charge in [0.15, 0.2) is 0 Å². The number of hydrogen-bond acceptors (Lipinski definition) is 4. The molecule has 3 aromatic rings. The summed E-state index contributed by atoms with van der Waals surface area (Å²) < 4.78 is 17.6. The Morgan fingerprint density at radius 3 is 2.70 bits per heavy atom. The minimum atomic E-state index is -0.113. The van der Waals surface area contributed by atoms with Crippen LogP contribution in [0.5, 0.6) is 23.0 Å². The minimum absolute atomic E-state index is 0.113. The van der Waals surface area contributed by atoms with Gasteiger partial charge in [0.05, 0.1) is 7.11 Å². The van der Waals surface area contributed by atoms with Crippen molar-refractivity contribution in [2.24, 2.45) is 0 Å². The zero-order chi connectivity index (χ0) is 18.6. The maximum atomic E-state index is 9.68. The molecular formula is C23H22O4. The second-order valence-electron chi connectivity index (χ2n) is 6.62. The summed E-state index contributed by atoms with van der Waals surface area (Å²) in [7, 11) is 1.60.